The normalized spacial score (nSPS) is 15.5. The Morgan fingerprint density at radius 1 is 1.39 bits per heavy atom. The van der Waals surface area contributed by atoms with Crippen molar-refractivity contribution in [2.75, 3.05) is 18.6 Å². The summed E-state index contributed by atoms with van der Waals surface area (Å²) in [5.74, 6) is -1.08. The highest BCUT2D eigenvalue weighted by Crippen LogP contribution is 2.04. The third-order valence-corrected chi connectivity index (χ3v) is 3.33. The van der Waals surface area contributed by atoms with Gasteiger partial charge in [-0.25, -0.2) is 4.79 Å². The molecule has 0 saturated heterocycles. The molecule has 0 aliphatic carbocycles. The molecule has 0 heterocycles. The Hall–Kier alpha value is -1.11. The molecule has 0 aromatic carbocycles. The number of carbonyl (C=O) groups excluding carboxylic acids is 1. The number of urea groups is 1. The lowest BCUT2D eigenvalue weighted by atomic mass is 10.0. The highest BCUT2D eigenvalue weighted by molar-refractivity contribution is 7.84. The highest BCUT2D eigenvalue weighted by atomic mass is 32.2. The van der Waals surface area contributed by atoms with Gasteiger partial charge in [0, 0.05) is 35.4 Å². The molecule has 3 unspecified atom stereocenters. The third kappa shape index (κ3) is 8.05. The number of amides is 2. The van der Waals surface area contributed by atoms with Gasteiger partial charge in [-0.15, -0.1) is 0 Å². The Labute approximate surface area is 110 Å². The number of nitrogens with one attached hydrogen (secondary N) is 2. The second-order valence-electron chi connectivity index (χ2n) is 4.32. The number of hydrogen-bond acceptors (Lipinski definition) is 3. The first-order valence-corrected chi connectivity index (χ1v) is 7.66. The summed E-state index contributed by atoms with van der Waals surface area (Å²) in [5, 5.41) is 14.0. The van der Waals surface area contributed by atoms with Gasteiger partial charge < -0.3 is 15.7 Å². The number of carboxylic acid groups (broad SMARTS) is 1. The van der Waals surface area contributed by atoms with E-state index in [1.807, 2.05) is 6.92 Å². The lowest BCUT2D eigenvalue weighted by Gasteiger charge is -2.16. The minimum absolute atomic E-state index is 0.108. The predicted molar refractivity (Wildman–Crippen MR) is 71.0 cm³/mol. The van der Waals surface area contributed by atoms with E-state index >= 15 is 0 Å². The van der Waals surface area contributed by atoms with E-state index in [1.165, 1.54) is 0 Å². The molecular formula is C11H22N2O4S. The molecule has 0 bridgehead atoms. The van der Waals surface area contributed by atoms with Gasteiger partial charge in [-0.2, -0.15) is 0 Å². The minimum atomic E-state index is -0.972. The first-order valence-electron chi connectivity index (χ1n) is 5.94. The maximum atomic E-state index is 11.5. The van der Waals surface area contributed by atoms with Crippen LogP contribution >= 0.6 is 0 Å². The molecule has 0 fully saturated rings. The average molecular weight is 278 g/mol. The minimum Gasteiger partial charge on any atom is -0.481 e. The largest absolute Gasteiger partial charge is 0.481 e. The molecule has 0 rings (SSSR count). The molecule has 0 aliphatic rings. The summed E-state index contributed by atoms with van der Waals surface area (Å²) in [5.41, 5.74) is 0. The number of carbonyl (C=O) groups is 2. The van der Waals surface area contributed by atoms with Gasteiger partial charge in [-0.05, 0) is 13.3 Å². The molecule has 0 aromatic rings. The van der Waals surface area contributed by atoms with Crippen LogP contribution in [-0.4, -0.2) is 45.9 Å². The van der Waals surface area contributed by atoms with Crippen LogP contribution in [0.4, 0.5) is 4.79 Å². The van der Waals surface area contributed by atoms with E-state index in [2.05, 4.69) is 10.6 Å². The molecule has 7 heteroatoms. The number of aliphatic carboxylic acids is 1. The van der Waals surface area contributed by atoms with Gasteiger partial charge in [-0.3, -0.25) is 9.00 Å². The number of hydrogen-bond donors (Lipinski definition) is 3. The monoisotopic (exact) mass is 278 g/mol. The molecule has 0 radical (unpaired) electrons. The van der Waals surface area contributed by atoms with Gasteiger partial charge in [0.15, 0.2) is 0 Å². The van der Waals surface area contributed by atoms with E-state index in [4.69, 9.17) is 5.11 Å². The van der Waals surface area contributed by atoms with E-state index in [0.29, 0.717) is 12.2 Å². The van der Waals surface area contributed by atoms with E-state index in [-0.39, 0.29) is 12.6 Å². The van der Waals surface area contributed by atoms with Gasteiger partial charge in [0.1, 0.15) is 0 Å². The maximum absolute atomic E-state index is 11.5. The molecular weight excluding hydrogens is 256 g/mol. The fourth-order valence-corrected chi connectivity index (χ4v) is 2.33. The summed E-state index contributed by atoms with van der Waals surface area (Å²) in [6.07, 6.45) is 2.85. The second-order valence-corrected chi connectivity index (χ2v) is 5.80. The summed E-state index contributed by atoms with van der Waals surface area (Å²) in [4.78, 5) is 22.3. The topological polar surface area (TPSA) is 95.5 Å². The Morgan fingerprint density at radius 2 is 2.00 bits per heavy atom. The summed E-state index contributed by atoms with van der Waals surface area (Å²) < 4.78 is 10.9. The van der Waals surface area contributed by atoms with E-state index in [1.54, 1.807) is 13.2 Å². The number of rotatable bonds is 8. The quantitative estimate of drug-likeness (QED) is 0.604. The Balaban J connectivity index is 4.00. The summed E-state index contributed by atoms with van der Waals surface area (Å²) >= 11 is 0. The molecule has 0 saturated carbocycles. The van der Waals surface area contributed by atoms with Gasteiger partial charge in [0.2, 0.25) is 0 Å². The average Bonchev–Trinajstić information content (AvgIpc) is 2.22. The Kier molecular flexibility index (Phi) is 8.36. The van der Waals surface area contributed by atoms with Crippen LogP contribution in [0.2, 0.25) is 0 Å². The molecule has 3 atom stereocenters. The van der Waals surface area contributed by atoms with Crippen molar-refractivity contribution in [3.05, 3.63) is 0 Å². The van der Waals surface area contributed by atoms with Crippen molar-refractivity contribution in [1.29, 1.82) is 0 Å². The van der Waals surface area contributed by atoms with Gasteiger partial charge >= 0.3 is 12.0 Å². The number of carboxylic acids is 1. The van der Waals surface area contributed by atoms with Gasteiger partial charge in [0.05, 0.1) is 5.92 Å². The predicted octanol–water partition coefficient (Wildman–Crippen LogP) is 0.553. The van der Waals surface area contributed by atoms with E-state index in [9.17, 15) is 13.8 Å². The van der Waals surface area contributed by atoms with Gasteiger partial charge in [0.25, 0.3) is 0 Å². The van der Waals surface area contributed by atoms with Crippen LogP contribution in [0, 0.1) is 5.92 Å². The van der Waals surface area contributed by atoms with Crippen LogP contribution in [0.15, 0.2) is 0 Å². The second kappa shape index (κ2) is 8.91. The maximum Gasteiger partial charge on any atom is 0.315 e. The summed E-state index contributed by atoms with van der Waals surface area (Å²) in [7, 11) is -0.972. The van der Waals surface area contributed by atoms with E-state index < -0.39 is 28.7 Å². The fraction of sp³-hybridized carbons (Fsp3) is 0.818. The van der Waals surface area contributed by atoms with Crippen LogP contribution in [0.25, 0.3) is 0 Å². The van der Waals surface area contributed by atoms with Crippen LogP contribution in [0.1, 0.15) is 26.7 Å². The highest BCUT2D eigenvalue weighted by Gasteiger charge is 2.17. The first-order chi connectivity index (χ1) is 8.36. The van der Waals surface area contributed by atoms with Crippen molar-refractivity contribution in [2.24, 2.45) is 5.92 Å². The van der Waals surface area contributed by atoms with Crippen molar-refractivity contribution < 1.29 is 18.9 Å². The van der Waals surface area contributed by atoms with Crippen LogP contribution in [0.3, 0.4) is 0 Å². The Morgan fingerprint density at radius 3 is 2.44 bits per heavy atom. The van der Waals surface area contributed by atoms with Crippen molar-refractivity contribution in [3.63, 3.8) is 0 Å². The molecule has 3 N–H and O–H groups in total. The van der Waals surface area contributed by atoms with Crippen molar-refractivity contribution >= 4 is 22.8 Å². The zero-order chi connectivity index (χ0) is 14.1. The first kappa shape index (κ1) is 16.9. The summed E-state index contributed by atoms with van der Waals surface area (Å²) in [6, 6.07) is -0.624. The lowest BCUT2D eigenvalue weighted by molar-refractivity contribution is -0.141. The summed E-state index contributed by atoms with van der Waals surface area (Å²) in [6.45, 7) is 3.76. The van der Waals surface area contributed by atoms with Gasteiger partial charge in [-0.1, -0.05) is 13.3 Å². The van der Waals surface area contributed by atoms with Crippen molar-refractivity contribution in [3.8, 4) is 0 Å². The third-order valence-electron chi connectivity index (χ3n) is 2.36. The SMILES string of the molecule is CCCC(CNC(=O)NC(C)CS(C)=O)C(=O)O. The Bertz CT molecular complexity index is 309. The van der Waals surface area contributed by atoms with Crippen LogP contribution in [-0.2, 0) is 15.6 Å². The zero-order valence-electron chi connectivity index (χ0n) is 11.1. The molecule has 2 amide bonds. The van der Waals surface area contributed by atoms with Crippen LogP contribution < -0.4 is 10.6 Å². The molecule has 106 valence electrons. The van der Waals surface area contributed by atoms with Crippen molar-refractivity contribution in [2.45, 2.75) is 32.7 Å². The van der Waals surface area contributed by atoms with E-state index in [0.717, 1.165) is 6.42 Å². The molecule has 0 aromatic heterocycles. The van der Waals surface area contributed by atoms with Crippen molar-refractivity contribution in [1.82, 2.24) is 10.6 Å². The molecule has 0 spiro atoms. The smallest absolute Gasteiger partial charge is 0.315 e. The molecule has 6 nitrogen and oxygen atoms in total. The zero-order valence-corrected chi connectivity index (χ0v) is 11.9. The molecule has 18 heavy (non-hydrogen) atoms. The fourth-order valence-electron chi connectivity index (χ4n) is 1.55. The standard InChI is InChI=1S/C11H22N2O4S/c1-4-5-9(10(14)15)6-12-11(16)13-8(2)7-18(3)17/h8-9H,4-7H2,1-3H3,(H,14,15)(H2,12,13,16). The van der Waals surface area contributed by atoms with Crippen LogP contribution in [0.5, 0.6) is 0 Å². The lowest BCUT2D eigenvalue weighted by Crippen LogP contribution is -2.45. The molecule has 0 aliphatic heterocycles.